The predicted octanol–water partition coefficient (Wildman–Crippen LogP) is 1.78. The number of aromatic amines is 1. The number of nitrogens with one attached hydrogen (secondary N) is 3. The highest BCUT2D eigenvalue weighted by Crippen LogP contribution is 2.42. The summed E-state index contributed by atoms with van der Waals surface area (Å²) in [5.41, 5.74) is 3.62. The third-order valence-electron chi connectivity index (χ3n) is 5.70. The number of benzene rings is 2. The molecule has 0 radical (unpaired) electrons. The summed E-state index contributed by atoms with van der Waals surface area (Å²) in [7, 11) is 4.20. The molecule has 2 aromatic carbocycles. The fourth-order valence-corrected chi connectivity index (χ4v) is 4.10. The van der Waals surface area contributed by atoms with Crippen LogP contribution in [0.2, 0.25) is 0 Å². The third-order valence-corrected chi connectivity index (χ3v) is 5.70. The maximum absolute atomic E-state index is 12.9. The number of hydrogen-bond acceptors (Lipinski definition) is 7. The lowest BCUT2D eigenvalue weighted by Crippen LogP contribution is -2.50. The summed E-state index contributed by atoms with van der Waals surface area (Å²) < 4.78 is 15.2. The van der Waals surface area contributed by atoms with Crippen molar-refractivity contribution in [3.8, 4) is 17.2 Å². The molecule has 0 fully saturated rings. The quantitative estimate of drug-likeness (QED) is 0.432. The number of carbonyl (C=O) groups excluding carboxylic acids is 2. The second-order valence-corrected chi connectivity index (χ2v) is 7.49. The lowest BCUT2D eigenvalue weighted by molar-refractivity contribution is -0.141. The molecular formula is C23H25N3O6. The largest absolute Gasteiger partial charge is 0.502 e. The molecule has 168 valence electrons. The molecule has 1 aliphatic rings. The van der Waals surface area contributed by atoms with Crippen LogP contribution < -0.4 is 20.1 Å². The monoisotopic (exact) mass is 439 g/mol. The molecule has 1 amide bonds. The fourth-order valence-electron chi connectivity index (χ4n) is 4.10. The van der Waals surface area contributed by atoms with Crippen LogP contribution in [0.25, 0.3) is 10.9 Å². The van der Waals surface area contributed by atoms with E-state index in [0.717, 1.165) is 27.7 Å². The topological polar surface area (TPSA) is 122 Å². The standard InChI is InChI=1S/C23H25N3O6/c1-30-17-8-12(9-18(31-2)22(17)28)20-21-14(13-6-4-5-7-15(13)25-21)10-16(26-20)23(29)24-11-19(27)32-3/h4-9,16,20,25-26,28H,10-11H2,1-3H3,(H,24,29)/t16-,20+/m0/s1. The molecule has 4 rings (SSSR count). The second-order valence-electron chi connectivity index (χ2n) is 7.49. The maximum atomic E-state index is 12.9. The number of ether oxygens (including phenoxy) is 3. The number of H-pyrrole nitrogens is 1. The summed E-state index contributed by atoms with van der Waals surface area (Å²) >= 11 is 0. The number of phenols is 1. The zero-order valence-electron chi connectivity index (χ0n) is 18.0. The lowest BCUT2D eigenvalue weighted by Gasteiger charge is -2.31. The molecule has 9 heteroatoms. The molecule has 0 unspecified atom stereocenters. The first-order valence-electron chi connectivity index (χ1n) is 10.1. The Morgan fingerprint density at radius 1 is 1.12 bits per heavy atom. The number of methoxy groups -OCH3 is 3. The second kappa shape index (κ2) is 8.80. The highest BCUT2D eigenvalue weighted by atomic mass is 16.5. The van der Waals surface area contributed by atoms with Crippen molar-refractivity contribution in [2.75, 3.05) is 27.9 Å². The number of rotatable bonds is 6. The van der Waals surface area contributed by atoms with Crippen molar-refractivity contribution in [1.82, 2.24) is 15.6 Å². The summed E-state index contributed by atoms with van der Waals surface area (Å²) in [4.78, 5) is 27.8. The molecule has 0 aliphatic carbocycles. The van der Waals surface area contributed by atoms with Gasteiger partial charge in [-0.25, -0.2) is 0 Å². The lowest BCUT2D eigenvalue weighted by atomic mass is 9.89. The summed E-state index contributed by atoms with van der Waals surface area (Å²) in [6.07, 6.45) is 0.440. The van der Waals surface area contributed by atoms with E-state index in [4.69, 9.17) is 9.47 Å². The SMILES string of the molecule is COC(=O)CNC(=O)[C@@H]1Cc2c([nH]c3ccccc23)[C@@H](c2cc(OC)c(O)c(OC)c2)N1. The number of amides is 1. The van der Waals surface area contributed by atoms with E-state index in [1.807, 2.05) is 24.3 Å². The van der Waals surface area contributed by atoms with E-state index in [1.54, 1.807) is 12.1 Å². The average Bonchev–Trinajstić information content (AvgIpc) is 3.20. The normalized spacial score (nSPS) is 17.5. The van der Waals surface area contributed by atoms with Crippen LogP contribution in [-0.4, -0.2) is 55.9 Å². The Morgan fingerprint density at radius 3 is 2.47 bits per heavy atom. The van der Waals surface area contributed by atoms with Gasteiger partial charge in [0.25, 0.3) is 0 Å². The Bertz CT molecular complexity index is 1150. The highest BCUT2D eigenvalue weighted by molar-refractivity contribution is 5.90. The van der Waals surface area contributed by atoms with Crippen molar-refractivity contribution in [1.29, 1.82) is 0 Å². The average molecular weight is 439 g/mol. The number of aromatic hydroxyl groups is 1. The van der Waals surface area contributed by atoms with E-state index in [9.17, 15) is 14.7 Å². The smallest absolute Gasteiger partial charge is 0.325 e. The third kappa shape index (κ3) is 3.82. The molecule has 2 atom stereocenters. The first kappa shape index (κ1) is 21.5. The van der Waals surface area contributed by atoms with E-state index in [1.165, 1.54) is 21.3 Å². The number of fused-ring (bicyclic) bond motifs is 3. The zero-order valence-corrected chi connectivity index (χ0v) is 18.0. The van der Waals surface area contributed by atoms with Gasteiger partial charge in [-0.15, -0.1) is 0 Å². The first-order valence-corrected chi connectivity index (χ1v) is 10.1. The van der Waals surface area contributed by atoms with Gasteiger partial charge in [0.05, 0.1) is 33.4 Å². The minimum Gasteiger partial charge on any atom is -0.502 e. The summed E-state index contributed by atoms with van der Waals surface area (Å²) in [6.45, 7) is -0.209. The van der Waals surface area contributed by atoms with Crippen molar-refractivity contribution >= 4 is 22.8 Å². The van der Waals surface area contributed by atoms with E-state index in [0.29, 0.717) is 6.42 Å². The van der Waals surface area contributed by atoms with Crippen molar-refractivity contribution in [3.05, 3.63) is 53.2 Å². The summed E-state index contributed by atoms with van der Waals surface area (Å²) in [5, 5.41) is 17.3. The van der Waals surface area contributed by atoms with E-state index in [-0.39, 0.29) is 29.7 Å². The van der Waals surface area contributed by atoms with Gasteiger partial charge in [-0.1, -0.05) is 18.2 Å². The highest BCUT2D eigenvalue weighted by Gasteiger charge is 2.35. The van der Waals surface area contributed by atoms with E-state index in [2.05, 4.69) is 20.4 Å². The Morgan fingerprint density at radius 2 is 1.81 bits per heavy atom. The summed E-state index contributed by atoms with van der Waals surface area (Å²) in [5.74, 6) is -0.411. The van der Waals surface area contributed by atoms with Crippen LogP contribution >= 0.6 is 0 Å². The zero-order chi connectivity index (χ0) is 22.8. The first-order chi connectivity index (χ1) is 15.5. The number of hydrogen-bond donors (Lipinski definition) is 4. The Balaban J connectivity index is 1.78. The number of para-hydroxylation sites is 1. The minimum absolute atomic E-state index is 0.0983. The summed E-state index contributed by atoms with van der Waals surface area (Å²) in [6, 6.07) is 10.3. The van der Waals surface area contributed by atoms with Crippen molar-refractivity contribution in [3.63, 3.8) is 0 Å². The molecule has 0 saturated heterocycles. The molecule has 4 N–H and O–H groups in total. The van der Waals surface area contributed by atoms with Gasteiger partial charge >= 0.3 is 5.97 Å². The minimum atomic E-state index is -0.595. The molecule has 0 spiro atoms. The van der Waals surface area contributed by atoms with Gasteiger partial charge in [0, 0.05) is 16.6 Å². The van der Waals surface area contributed by atoms with Crippen LogP contribution in [0, 0.1) is 0 Å². The Labute approximate surface area is 184 Å². The number of phenolic OH excluding ortho intramolecular Hbond substituents is 1. The molecule has 9 nitrogen and oxygen atoms in total. The number of carbonyl (C=O) groups is 2. The van der Waals surface area contributed by atoms with Crippen LogP contribution in [0.4, 0.5) is 0 Å². The van der Waals surface area contributed by atoms with Crippen LogP contribution in [-0.2, 0) is 20.7 Å². The molecule has 32 heavy (non-hydrogen) atoms. The van der Waals surface area contributed by atoms with Crippen LogP contribution in [0.1, 0.15) is 22.9 Å². The van der Waals surface area contributed by atoms with Gasteiger partial charge in [0.2, 0.25) is 11.7 Å². The molecular weight excluding hydrogens is 414 g/mol. The number of aromatic nitrogens is 1. The van der Waals surface area contributed by atoms with Crippen molar-refractivity contribution < 1.29 is 28.9 Å². The Kier molecular flexibility index (Phi) is 5.91. The molecule has 0 bridgehead atoms. The van der Waals surface area contributed by atoms with Gasteiger partial charge in [0.15, 0.2) is 11.5 Å². The van der Waals surface area contributed by atoms with Gasteiger partial charge in [-0.2, -0.15) is 0 Å². The predicted molar refractivity (Wildman–Crippen MR) is 117 cm³/mol. The molecule has 1 aliphatic heterocycles. The van der Waals surface area contributed by atoms with E-state index < -0.39 is 18.1 Å². The van der Waals surface area contributed by atoms with Crippen LogP contribution in [0.5, 0.6) is 17.2 Å². The molecule has 2 heterocycles. The van der Waals surface area contributed by atoms with Crippen LogP contribution in [0.3, 0.4) is 0 Å². The van der Waals surface area contributed by atoms with Gasteiger partial charge < -0.3 is 29.6 Å². The number of esters is 1. The maximum Gasteiger partial charge on any atom is 0.325 e. The van der Waals surface area contributed by atoms with Crippen molar-refractivity contribution in [2.45, 2.75) is 18.5 Å². The molecule has 0 saturated carbocycles. The fraction of sp³-hybridized carbons (Fsp3) is 0.304. The van der Waals surface area contributed by atoms with E-state index >= 15 is 0 Å². The molecule has 3 aromatic rings. The molecule has 1 aromatic heterocycles. The van der Waals surface area contributed by atoms with Gasteiger partial charge in [0.1, 0.15) is 6.54 Å². The van der Waals surface area contributed by atoms with Crippen molar-refractivity contribution in [2.24, 2.45) is 0 Å². The van der Waals surface area contributed by atoms with Gasteiger partial charge in [-0.3, -0.25) is 14.9 Å². The van der Waals surface area contributed by atoms with Gasteiger partial charge in [-0.05, 0) is 35.7 Å². The van der Waals surface area contributed by atoms with Crippen LogP contribution in [0.15, 0.2) is 36.4 Å². The Hall–Kier alpha value is -3.72.